The highest BCUT2D eigenvalue weighted by Gasteiger charge is 2.20. The summed E-state index contributed by atoms with van der Waals surface area (Å²) >= 11 is 8.11. The largest absolute Gasteiger partial charge is 0.494 e. The molecular formula is C28H26N4O4S3. The fraction of sp³-hybridized carbons (Fsp3) is 0.214. The van der Waals surface area contributed by atoms with Crippen LogP contribution in [0.4, 0.5) is 0 Å². The molecule has 200 valence electrons. The molecule has 5 rings (SSSR count). The Morgan fingerprint density at radius 1 is 1.10 bits per heavy atom. The molecule has 0 spiro atoms. The Hall–Kier alpha value is -3.67. The molecule has 0 fully saturated rings. The summed E-state index contributed by atoms with van der Waals surface area (Å²) in [7, 11) is 0. The maximum atomic E-state index is 13.9. The van der Waals surface area contributed by atoms with E-state index >= 15 is 0 Å². The van der Waals surface area contributed by atoms with Crippen molar-refractivity contribution in [1.82, 2.24) is 19.4 Å². The number of hydrogen-bond donors (Lipinski definition) is 1. The van der Waals surface area contributed by atoms with Crippen LogP contribution in [-0.2, 0) is 11.3 Å². The van der Waals surface area contributed by atoms with Crippen molar-refractivity contribution in [3.63, 3.8) is 0 Å². The Morgan fingerprint density at radius 3 is 2.56 bits per heavy atom. The lowest BCUT2D eigenvalue weighted by atomic mass is 10.1. The molecule has 8 nitrogen and oxygen atoms in total. The van der Waals surface area contributed by atoms with Crippen LogP contribution in [0.3, 0.4) is 0 Å². The number of nitrogens with one attached hydrogen (secondary N) is 1. The molecule has 0 aliphatic carbocycles. The fourth-order valence-electron chi connectivity index (χ4n) is 3.99. The summed E-state index contributed by atoms with van der Waals surface area (Å²) in [5.41, 5.74) is 3.95. The topological polar surface area (TPSA) is 91.3 Å². The van der Waals surface area contributed by atoms with Crippen LogP contribution in [-0.4, -0.2) is 32.4 Å². The number of benzene rings is 2. The number of rotatable bonds is 9. The minimum atomic E-state index is -0.249. The summed E-state index contributed by atoms with van der Waals surface area (Å²) in [5.74, 6) is 1.21. The molecular weight excluding hydrogens is 553 g/mol. The number of carbonyl (C=O) groups is 1. The number of hydrogen-bond acceptors (Lipinski definition) is 8. The number of aryl methyl sites for hydroxylation is 2. The quantitative estimate of drug-likeness (QED) is 0.131. The number of aromatic nitrogens is 3. The van der Waals surface area contributed by atoms with Gasteiger partial charge in [-0.15, -0.1) is 0 Å². The Bertz CT molecular complexity index is 1750. The molecule has 3 aromatic heterocycles. The van der Waals surface area contributed by atoms with E-state index in [0.29, 0.717) is 43.3 Å². The summed E-state index contributed by atoms with van der Waals surface area (Å²) in [4.78, 5) is 31.5. The van der Waals surface area contributed by atoms with Crippen molar-refractivity contribution in [3.8, 4) is 17.1 Å². The molecule has 3 heterocycles. The minimum absolute atomic E-state index is 0.0597. The number of amides is 1. The molecule has 0 radical (unpaired) electrons. The van der Waals surface area contributed by atoms with Crippen LogP contribution in [0.15, 0.2) is 75.2 Å². The summed E-state index contributed by atoms with van der Waals surface area (Å²) in [6.45, 7) is 6.81. The van der Waals surface area contributed by atoms with Crippen molar-refractivity contribution < 1.29 is 13.9 Å². The van der Waals surface area contributed by atoms with Gasteiger partial charge in [-0.05, 0) is 92.6 Å². The van der Waals surface area contributed by atoms with Crippen molar-refractivity contribution in [1.29, 1.82) is 0 Å². The van der Waals surface area contributed by atoms with Crippen molar-refractivity contribution in [2.45, 2.75) is 32.5 Å². The standard InChI is InChI=1S/C28H26N4O4S3/c1-4-35-21-11-9-19(10-12-21)32-26(34)24-25(31(28(37)39-24)20-8-7-17(2)18(3)14-20)30-27(32)38-16-23(33)29-15-22-6-5-13-36-22/h5-14H,4,15-16H2,1-3H3,(H,29,33). The number of thioether (sulfide) groups is 1. The zero-order valence-electron chi connectivity index (χ0n) is 21.6. The number of nitrogens with zero attached hydrogens (tertiary/aromatic N) is 3. The predicted molar refractivity (Wildman–Crippen MR) is 157 cm³/mol. The van der Waals surface area contributed by atoms with E-state index in [1.54, 1.807) is 30.5 Å². The Morgan fingerprint density at radius 2 is 1.87 bits per heavy atom. The first-order valence-electron chi connectivity index (χ1n) is 12.3. The molecule has 5 aromatic rings. The molecule has 0 bridgehead atoms. The normalized spacial score (nSPS) is 11.2. The molecule has 0 saturated heterocycles. The lowest BCUT2D eigenvalue weighted by molar-refractivity contribution is -0.118. The zero-order chi connectivity index (χ0) is 27.5. The first-order valence-corrected chi connectivity index (χ1v) is 14.5. The van der Waals surface area contributed by atoms with Gasteiger partial charge >= 0.3 is 0 Å². The van der Waals surface area contributed by atoms with Crippen molar-refractivity contribution in [2.75, 3.05) is 12.4 Å². The van der Waals surface area contributed by atoms with E-state index in [2.05, 4.69) is 5.32 Å². The highest BCUT2D eigenvalue weighted by atomic mass is 32.2. The molecule has 1 amide bonds. The van der Waals surface area contributed by atoms with E-state index in [1.165, 1.54) is 27.7 Å². The average molecular weight is 579 g/mol. The second-order valence-electron chi connectivity index (χ2n) is 8.73. The fourth-order valence-corrected chi connectivity index (χ4v) is 6.13. The van der Waals surface area contributed by atoms with Gasteiger partial charge in [0.25, 0.3) is 5.56 Å². The monoisotopic (exact) mass is 578 g/mol. The van der Waals surface area contributed by atoms with E-state index in [4.69, 9.17) is 26.4 Å². The molecule has 0 unspecified atom stereocenters. The number of ether oxygens (including phenoxy) is 1. The Labute approximate surface area is 238 Å². The summed E-state index contributed by atoms with van der Waals surface area (Å²) in [6, 6.07) is 16.8. The third kappa shape index (κ3) is 5.70. The minimum Gasteiger partial charge on any atom is -0.494 e. The summed E-state index contributed by atoms with van der Waals surface area (Å²) < 4.78 is 15.2. The number of fused-ring (bicyclic) bond motifs is 1. The number of carbonyl (C=O) groups excluding carboxylic acids is 1. The highest BCUT2D eigenvalue weighted by molar-refractivity contribution is 7.99. The van der Waals surface area contributed by atoms with Gasteiger partial charge in [-0.1, -0.05) is 29.2 Å². The van der Waals surface area contributed by atoms with Crippen LogP contribution in [0.25, 0.3) is 21.7 Å². The lowest BCUT2D eigenvalue weighted by Gasteiger charge is -2.14. The SMILES string of the molecule is CCOc1ccc(-n2c(SCC(=O)NCc3ccco3)nc3c(sc(=S)n3-c3ccc(C)c(C)c3)c2=O)cc1. The third-order valence-corrected chi connectivity index (χ3v) is 8.39. The first kappa shape index (κ1) is 26.9. The second-order valence-corrected chi connectivity index (χ2v) is 11.3. The Kier molecular flexibility index (Phi) is 8.01. The molecule has 2 aromatic carbocycles. The van der Waals surface area contributed by atoms with Crippen LogP contribution in [0.2, 0.25) is 0 Å². The van der Waals surface area contributed by atoms with Gasteiger partial charge in [0.05, 0.1) is 30.9 Å². The smallest absolute Gasteiger partial charge is 0.278 e. The maximum absolute atomic E-state index is 13.9. The molecule has 0 atom stereocenters. The zero-order valence-corrected chi connectivity index (χ0v) is 24.0. The van der Waals surface area contributed by atoms with Gasteiger partial charge in [0.15, 0.2) is 14.8 Å². The van der Waals surface area contributed by atoms with E-state index in [9.17, 15) is 9.59 Å². The Balaban J connectivity index is 1.58. The highest BCUT2D eigenvalue weighted by Crippen LogP contribution is 2.28. The van der Waals surface area contributed by atoms with Crippen LogP contribution < -0.4 is 15.6 Å². The van der Waals surface area contributed by atoms with Gasteiger partial charge in [0.2, 0.25) is 5.91 Å². The molecule has 0 saturated carbocycles. The van der Waals surface area contributed by atoms with Gasteiger partial charge in [-0.3, -0.25) is 18.7 Å². The first-order chi connectivity index (χ1) is 18.9. The van der Waals surface area contributed by atoms with Crippen LogP contribution in [0.5, 0.6) is 5.75 Å². The van der Waals surface area contributed by atoms with E-state index in [0.717, 1.165) is 16.8 Å². The number of furan rings is 1. The van der Waals surface area contributed by atoms with Gasteiger partial charge in [0.1, 0.15) is 16.2 Å². The van der Waals surface area contributed by atoms with Crippen molar-refractivity contribution in [2.24, 2.45) is 0 Å². The van der Waals surface area contributed by atoms with Crippen LogP contribution >= 0.6 is 35.3 Å². The van der Waals surface area contributed by atoms with Crippen LogP contribution in [0.1, 0.15) is 23.8 Å². The van der Waals surface area contributed by atoms with Crippen molar-refractivity contribution in [3.05, 3.63) is 92.1 Å². The lowest BCUT2D eigenvalue weighted by Crippen LogP contribution is -2.26. The van der Waals surface area contributed by atoms with Crippen molar-refractivity contribution >= 4 is 51.6 Å². The molecule has 1 N–H and O–H groups in total. The molecule has 0 aliphatic heterocycles. The van der Waals surface area contributed by atoms with E-state index in [1.807, 2.05) is 55.7 Å². The second kappa shape index (κ2) is 11.6. The molecule has 11 heteroatoms. The van der Waals surface area contributed by atoms with Gasteiger partial charge < -0.3 is 14.5 Å². The van der Waals surface area contributed by atoms with Gasteiger partial charge in [-0.2, -0.15) is 0 Å². The van der Waals surface area contributed by atoms with E-state index < -0.39 is 0 Å². The number of thiazole rings is 1. The third-order valence-electron chi connectivity index (χ3n) is 6.10. The van der Waals surface area contributed by atoms with E-state index in [-0.39, 0.29) is 23.8 Å². The van der Waals surface area contributed by atoms with Gasteiger partial charge in [-0.25, -0.2) is 4.98 Å². The predicted octanol–water partition coefficient (Wildman–Crippen LogP) is 5.98. The summed E-state index contributed by atoms with van der Waals surface area (Å²) in [5, 5.41) is 3.22. The maximum Gasteiger partial charge on any atom is 0.278 e. The molecule has 39 heavy (non-hydrogen) atoms. The molecule has 0 aliphatic rings. The summed E-state index contributed by atoms with van der Waals surface area (Å²) in [6.07, 6.45) is 1.56. The van der Waals surface area contributed by atoms with Gasteiger partial charge in [0, 0.05) is 5.69 Å². The van der Waals surface area contributed by atoms with Crippen LogP contribution in [0, 0.1) is 17.8 Å². The average Bonchev–Trinajstić information content (AvgIpc) is 3.56.